The number of rotatable bonds is 6. The molecular weight excluding hydrogens is 304 g/mol. The molecule has 0 bridgehead atoms. The summed E-state index contributed by atoms with van der Waals surface area (Å²) in [5, 5.41) is 15.5. The molecule has 0 heterocycles. The Balaban J connectivity index is 1.96. The minimum absolute atomic E-state index is 0.0388. The van der Waals surface area contributed by atoms with Gasteiger partial charge in [-0.1, -0.05) is 30.3 Å². The second kappa shape index (κ2) is 8.25. The summed E-state index contributed by atoms with van der Waals surface area (Å²) in [7, 11) is 0. The third-order valence-electron chi connectivity index (χ3n) is 3.21. The van der Waals surface area contributed by atoms with Crippen LogP contribution in [0.1, 0.15) is 22.8 Å². The van der Waals surface area contributed by atoms with Crippen molar-refractivity contribution in [2.75, 3.05) is 5.43 Å². The van der Waals surface area contributed by atoms with Gasteiger partial charge in [-0.2, -0.15) is 10.4 Å². The first-order valence-electron chi connectivity index (χ1n) is 7.27. The number of anilines is 1. The summed E-state index contributed by atoms with van der Waals surface area (Å²) in [6.07, 6.45) is 0. The highest BCUT2D eigenvalue weighted by atomic mass is 16.2. The molecule has 120 valence electrons. The van der Waals surface area contributed by atoms with Gasteiger partial charge in [-0.05, 0) is 36.8 Å². The van der Waals surface area contributed by atoms with Crippen LogP contribution >= 0.6 is 0 Å². The van der Waals surface area contributed by atoms with Crippen LogP contribution in [-0.2, 0) is 11.3 Å². The molecule has 0 unspecified atom stereocenters. The fraction of sp³-hybridized carbons (Fsp3) is 0.111. The zero-order chi connectivity index (χ0) is 17.4. The maximum absolute atomic E-state index is 12.0. The summed E-state index contributed by atoms with van der Waals surface area (Å²) in [6.45, 7) is 1.79. The average molecular weight is 320 g/mol. The third-order valence-corrected chi connectivity index (χ3v) is 3.21. The number of carbonyl (C=O) groups is 2. The molecule has 2 N–H and O–H groups in total. The van der Waals surface area contributed by atoms with Crippen LogP contribution in [0.3, 0.4) is 0 Å². The molecule has 0 fully saturated rings. The van der Waals surface area contributed by atoms with Crippen molar-refractivity contribution in [1.29, 1.82) is 5.26 Å². The van der Waals surface area contributed by atoms with E-state index in [0.29, 0.717) is 17.8 Å². The number of Topliss-reactive ketones (excluding diaryl/α,β-unsaturated/α-hetero) is 1. The number of benzene rings is 2. The lowest BCUT2D eigenvalue weighted by molar-refractivity contribution is -0.114. The number of nitriles is 1. The Bertz CT molecular complexity index is 790. The Labute approximate surface area is 139 Å². The Morgan fingerprint density at radius 2 is 1.75 bits per heavy atom. The van der Waals surface area contributed by atoms with Gasteiger partial charge in [0.15, 0.2) is 5.78 Å². The first-order chi connectivity index (χ1) is 11.6. The molecule has 0 aromatic heterocycles. The zero-order valence-corrected chi connectivity index (χ0v) is 13.1. The molecule has 0 aliphatic heterocycles. The van der Waals surface area contributed by atoms with Crippen LogP contribution in [0.4, 0.5) is 5.69 Å². The fourth-order valence-electron chi connectivity index (χ4n) is 1.89. The van der Waals surface area contributed by atoms with E-state index >= 15 is 0 Å². The van der Waals surface area contributed by atoms with Gasteiger partial charge in [0, 0.05) is 12.1 Å². The third kappa shape index (κ3) is 4.78. The smallest absolute Gasteiger partial charge is 0.282 e. The van der Waals surface area contributed by atoms with Crippen LogP contribution in [0, 0.1) is 11.3 Å². The molecule has 6 heteroatoms. The number of hydrogen-bond donors (Lipinski definition) is 2. The van der Waals surface area contributed by atoms with E-state index < -0.39 is 5.91 Å². The molecular formula is C18H16N4O2. The van der Waals surface area contributed by atoms with Crippen molar-refractivity contribution < 1.29 is 9.59 Å². The van der Waals surface area contributed by atoms with Gasteiger partial charge in [0.25, 0.3) is 5.91 Å². The monoisotopic (exact) mass is 320 g/mol. The molecule has 0 spiro atoms. The fourth-order valence-corrected chi connectivity index (χ4v) is 1.89. The molecule has 0 radical (unpaired) electrons. The summed E-state index contributed by atoms with van der Waals surface area (Å²) >= 11 is 0. The van der Waals surface area contributed by atoms with E-state index in [1.54, 1.807) is 30.3 Å². The molecule has 6 nitrogen and oxygen atoms in total. The lowest BCUT2D eigenvalue weighted by Gasteiger charge is -2.05. The van der Waals surface area contributed by atoms with Crippen LogP contribution in [0.5, 0.6) is 0 Å². The van der Waals surface area contributed by atoms with E-state index in [9.17, 15) is 9.59 Å². The van der Waals surface area contributed by atoms with Crippen molar-refractivity contribution in [2.45, 2.75) is 13.5 Å². The van der Waals surface area contributed by atoms with Crippen LogP contribution in [-0.4, -0.2) is 17.4 Å². The topological polar surface area (TPSA) is 94.3 Å². The van der Waals surface area contributed by atoms with E-state index in [0.717, 1.165) is 5.56 Å². The maximum Gasteiger partial charge on any atom is 0.282 e. The Kier molecular flexibility index (Phi) is 5.81. The highest BCUT2D eigenvalue weighted by Gasteiger charge is 2.10. The number of carbonyl (C=O) groups excluding carboxylic acids is 2. The van der Waals surface area contributed by atoms with Gasteiger partial charge in [0.05, 0.1) is 5.69 Å². The summed E-state index contributed by atoms with van der Waals surface area (Å²) in [5.74, 6) is -0.600. The minimum Gasteiger partial charge on any atom is -0.346 e. The maximum atomic E-state index is 12.0. The molecule has 2 aromatic rings. The largest absolute Gasteiger partial charge is 0.346 e. The second-order valence-corrected chi connectivity index (χ2v) is 4.99. The number of ketones is 1. The number of nitrogens with zero attached hydrogens (tertiary/aromatic N) is 2. The van der Waals surface area contributed by atoms with Crippen molar-refractivity contribution in [3.05, 3.63) is 65.7 Å². The van der Waals surface area contributed by atoms with Crippen LogP contribution < -0.4 is 10.7 Å². The Morgan fingerprint density at radius 3 is 2.33 bits per heavy atom. The molecule has 0 aliphatic rings. The number of hydrogen-bond acceptors (Lipinski definition) is 5. The summed E-state index contributed by atoms with van der Waals surface area (Å²) in [5.41, 5.74) is 4.43. The predicted octanol–water partition coefficient (Wildman–Crippen LogP) is 2.50. The zero-order valence-electron chi connectivity index (χ0n) is 13.1. The molecule has 24 heavy (non-hydrogen) atoms. The molecule has 0 saturated carbocycles. The highest BCUT2D eigenvalue weighted by Crippen LogP contribution is 2.10. The normalized spacial score (nSPS) is 10.6. The lowest BCUT2D eigenvalue weighted by atomic mass is 10.1. The van der Waals surface area contributed by atoms with Crippen molar-refractivity contribution in [1.82, 2.24) is 5.32 Å². The second-order valence-electron chi connectivity index (χ2n) is 4.99. The van der Waals surface area contributed by atoms with Gasteiger partial charge < -0.3 is 5.32 Å². The quantitative estimate of drug-likeness (QED) is 0.486. The molecule has 2 aromatic carbocycles. The van der Waals surface area contributed by atoms with Crippen molar-refractivity contribution in [2.24, 2.45) is 5.10 Å². The first-order valence-corrected chi connectivity index (χ1v) is 7.27. The average Bonchev–Trinajstić information content (AvgIpc) is 2.61. The number of hydrazone groups is 1. The predicted molar refractivity (Wildman–Crippen MR) is 91.4 cm³/mol. The molecule has 0 saturated heterocycles. The number of nitrogens with one attached hydrogen (secondary N) is 2. The van der Waals surface area contributed by atoms with Crippen LogP contribution in [0.25, 0.3) is 0 Å². The first kappa shape index (κ1) is 16.9. The van der Waals surface area contributed by atoms with Gasteiger partial charge in [-0.3, -0.25) is 15.0 Å². The molecule has 1 amide bonds. The SMILES string of the molecule is CC(=O)c1ccc(NN=C(C#N)C(=O)NCc2ccccc2)cc1. The number of amides is 1. The van der Waals surface area contributed by atoms with E-state index in [2.05, 4.69) is 15.8 Å². The van der Waals surface area contributed by atoms with Gasteiger partial charge in [-0.25, -0.2) is 0 Å². The summed E-state index contributed by atoms with van der Waals surface area (Å²) in [4.78, 5) is 23.2. The van der Waals surface area contributed by atoms with E-state index in [4.69, 9.17) is 5.26 Å². The van der Waals surface area contributed by atoms with Gasteiger partial charge in [0.1, 0.15) is 6.07 Å². The Morgan fingerprint density at radius 1 is 1.08 bits per heavy atom. The van der Waals surface area contributed by atoms with Gasteiger partial charge in [-0.15, -0.1) is 0 Å². The van der Waals surface area contributed by atoms with Crippen molar-refractivity contribution in [3.63, 3.8) is 0 Å². The minimum atomic E-state index is -0.561. The molecule has 0 aliphatic carbocycles. The highest BCUT2D eigenvalue weighted by molar-refractivity contribution is 6.45. The lowest BCUT2D eigenvalue weighted by Crippen LogP contribution is -2.30. The van der Waals surface area contributed by atoms with Gasteiger partial charge in [0.2, 0.25) is 5.71 Å². The van der Waals surface area contributed by atoms with E-state index in [1.165, 1.54) is 6.92 Å². The van der Waals surface area contributed by atoms with Crippen molar-refractivity contribution in [3.8, 4) is 6.07 Å². The van der Waals surface area contributed by atoms with Gasteiger partial charge >= 0.3 is 0 Å². The molecule has 2 rings (SSSR count). The standard InChI is InChI=1S/C18H16N4O2/c1-13(23)15-7-9-16(10-8-15)21-22-17(11-19)18(24)20-12-14-5-3-2-4-6-14/h2-10,21H,12H2,1H3,(H,20,24). The van der Waals surface area contributed by atoms with Crippen molar-refractivity contribution >= 4 is 23.1 Å². The Hall–Kier alpha value is -3.46. The van der Waals surface area contributed by atoms with E-state index in [-0.39, 0.29) is 11.5 Å². The van der Waals surface area contributed by atoms with Crippen LogP contribution in [0.2, 0.25) is 0 Å². The summed E-state index contributed by atoms with van der Waals surface area (Å²) in [6, 6.07) is 17.7. The van der Waals surface area contributed by atoms with E-state index in [1.807, 2.05) is 30.3 Å². The summed E-state index contributed by atoms with van der Waals surface area (Å²) < 4.78 is 0. The molecule has 0 atom stereocenters. The van der Waals surface area contributed by atoms with Crippen LogP contribution in [0.15, 0.2) is 59.7 Å².